The Morgan fingerprint density at radius 1 is 1.40 bits per heavy atom. The second kappa shape index (κ2) is 3.48. The minimum atomic E-state index is 0.141. The topological polar surface area (TPSA) is 59.9 Å². The molecule has 1 aromatic rings. The molecule has 1 heterocycles. The third-order valence-corrected chi connectivity index (χ3v) is 2.76. The van der Waals surface area contributed by atoms with Gasteiger partial charge in [0, 0.05) is 6.04 Å². The van der Waals surface area contributed by atoms with Crippen LogP contribution in [0, 0.1) is 5.41 Å². The number of hydrogen-bond donors (Lipinski definition) is 1. The van der Waals surface area contributed by atoms with Crippen LogP contribution in [-0.2, 0) is 0 Å². The highest BCUT2D eigenvalue weighted by Gasteiger charge is 2.46. The normalized spacial score (nSPS) is 22.3. The molecule has 0 amide bonds. The van der Waals surface area contributed by atoms with Gasteiger partial charge in [0.2, 0.25) is 11.2 Å². The van der Waals surface area contributed by atoms with Crippen LogP contribution >= 0.6 is 11.6 Å². The maximum absolute atomic E-state index is 5.72. The minimum Gasteiger partial charge on any atom is -0.467 e. The van der Waals surface area contributed by atoms with Crippen LogP contribution < -0.4 is 10.1 Å². The predicted octanol–water partition coefficient (Wildman–Crippen LogP) is 1.74. The van der Waals surface area contributed by atoms with Crippen LogP contribution in [0.4, 0.5) is 5.95 Å². The van der Waals surface area contributed by atoms with Crippen LogP contribution in [0.5, 0.6) is 6.01 Å². The van der Waals surface area contributed by atoms with E-state index in [1.807, 2.05) is 0 Å². The van der Waals surface area contributed by atoms with Gasteiger partial charge in [0.05, 0.1) is 7.11 Å². The van der Waals surface area contributed by atoms with Gasteiger partial charge in [0.1, 0.15) is 0 Å². The smallest absolute Gasteiger partial charge is 0.322 e. The standard InChI is InChI=1S/C9H13ClN4O/c1-9(2)4-5(9)11-7-12-6(10)13-8(14-7)15-3/h5H,4H2,1-3H3,(H,11,12,13,14). The summed E-state index contributed by atoms with van der Waals surface area (Å²) in [6.45, 7) is 4.37. The third kappa shape index (κ3) is 2.28. The average molecular weight is 229 g/mol. The fraction of sp³-hybridized carbons (Fsp3) is 0.667. The molecule has 6 heteroatoms. The van der Waals surface area contributed by atoms with E-state index in [2.05, 4.69) is 34.1 Å². The molecule has 1 atom stereocenters. The van der Waals surface area contributed by atoms with E-state index in [1.54, 1.807) is 0 Å². The molecular weight excluding hydrogens is 216 g/mol. The second-order valence-electron chi connectivity index (χ2n) is 4.30. The number of halogens is 1. The molecule has 0 aromatic carbocycles. The van der Waals surface area contributed by atoms with Crippen molar-refractivity contribution in [2.24, 2.45) is 5.41 Å². The molecule has 0 spiro atoms. The number of nitrogens with one attached hydrogen (secondary N) is 1. The lowest BCUT2D eigenvalue weighted by molar-refractivity contribution is 0.378. The van der Waals surface area contributed by atoms with Gasteiger partial charge in [0.15, 0.2) is 0 Å². The van der Waals surface area contributed by atoms with E-state index in [4.69, 9.17) is 16.3 Å². The van der Waals surface area contributed by atoms with Crippen molar-refractivity contribution in [1.82, 2.24) is 15.0 Å². The van der Waals surface area contributed by atoms with Gasteiger partial charge in [-0.1, -0.05) is 13.8 Å². The molecule has 15 heavy (non-hydrogen) atoms. The monoisotopic (exact) mass is 228 g/mol. The first-order chi connectivity index (χ1) is 7.01. The van der Waals surface area contributed by atoms with Gasteiger partial charge in [0.25, 0.3) is 0 Å². The Labute approximate surface area is 93.2 Å². The summed E-state index contributed by atoms with van der Waals surface area (Å²) < 4.78 is 4.90. The lowest BCUT2D eigenvalue weighted by Gasteiger charge is -2.07. The molecule has 1 saturated carbocycles. The third-order valence-electron chi connectivity index (χ3n) is 2.59. The summed E-state index contributed by atoms with van der Waals surface area (Å²) in [5.41, 5.74) is 0.312. The summed E-state index contributed by atoms with van der Waals surface area (Å²) in [5, 5.41) is 3.34. The highest BCUT2D eigenvalue weighted by Crippen LogP contribution is 2.46. The largest absolute Gasteiger partial charge is 0.467 e. The van der Waals surface area contributed by atoms with Crippen molar-refractivity contribution in [2.75, 3.05) is 12.4 Å². The SMILES string of the molecule is COc1nc(Cl)nc(NC2CC2(C)C)n1. The van der Waals surface area contributed by atoms with E-state index in [0.717, 1.165) is 6.42 Å². The molecular formula is C9H13ClN4O. The number of aromatic nitrogens is 3. The van der Waals surface area contributed by atoms with E-state index in [-0.39, 0.29) is 11.3 Å². The first-order valence-electron chi connectivity index (χ1n) is 4.73. The number of rotatable bonds is 3. The van der Waals surface area contributed by atoms with E-state index in [9.17, 15) is 0 Å². The Morgan fingerprint density at radius 3 is 2.60 bits per heavy atom. The van der Waals surface area contributed by atoms with Crippen molar-refractivity contribution in [3.8, 4) is 6.01 Å². The molecule has 0 bridgehead atoms. The van der Waals surface area contributed by atoms with Crippen LogP contribution in [0.1, 0.15) is 20.3 Å². The van der Waals surface area contributed by atoms with Crippen LogP contribution in [-0.4, -0.2) is 28.1 Å². The molecule has 1 aromatic heterocycles. The summed E-state index contributed by atoms with van der Waals surface area (Å²) in [4.78, 5) is 11.8. The van der Waals surface area contributed by atoms with E-state index >= 15 is 0 Å². The van der Waals surface area contributed by atoms with E-state index in [1.165, 1.54) is 7.11 Å². The van der Waals surface area contributed by atoms with Crippen LogP contribution in [0.3, 0.4) is 0 Å². The summed E-state index contributed by atoms with van der Waals surface area (Å²) in [6, 6.07) is 0.636. The molecule has 1 N–H and O–H groups in total. The summed E-state index contributed by atoms with van der Waals surface area (Å²) >= 11 is 5.72. The zero-order valence-electron chi connectivity index (χ0n) is 8.91. The molecule has 1 aliphatic rings. The van der Waals surface area contributed by atoms with Crippen LogP contribution in [0.25, 0.3) is 0 Å². The molecule has 1 unspecified atom stereocenters. The summed E-state index contributed by atoms with van der Waals surface area (Å²) in [6.07, 6.45) is 1.11. The molecule has 1 aliphatic carbocycles. The predicted molar refractivity (Wildman–Crippen MR) is 57.2 cm³/mol. The lowest BCUT2D eigenvalue weighted by atomic mass is 10.2. The Hall–Kier alpha value is -1.10. The number of methoxy groups -OCH3 is 1. The lowest BCUT2D eigenvalue weighted by Crippen LogP contribution is -2.12. The van der Waals surface area contributed by atoms with E-state index < -0.39 is 0 Å². The molecule has 0 aliphatic heterocycles. The van der Waals surface area contributed by atoms with Crippen molar-refractivity contribution in [1.29, 1.82) is 0 Å². The number of hydrogen-bond acceptors (Lipinski definition) is 5. The molecule has 0 saturated heterocycles. The van der Waals surface area contributed by atoms with Gasteiger partial charge in [-0.2, -0.15) is 15.0 Å². The van der Waals surface area contributed by atoms with Gasteiger partial charge in [-0.15, -0.1) is 0 Å². The molecule has 0 radical (unpaired) electrons. The summed E-state index contributed by atoms with van der Waals surface area (Å²) in [7, 11) is 1.50. The van der Waals surface area contributed by atoms with Gasteiger partial charge in [-0.05, 0) is 23.4 Å². The van der Waals surface area contributed by atoms with Gasteiger partial charge < -0.3 is 10.1 Å². The number of anilines is 1. The van der Waals surface area contributed by atoms with Crippen molar-refractivity contribution in [3.63, 3.8) is 0 Å². The molecule has 82 valence electrons. The summed E-state index contributed by atoms with van der Waals surface area (Å²) in [5.74, 6) is 0.474. The quantitative estimate of drug-likeness (QED) is 0.854. The van der Waals surface area contributed by atoms with Crippen molar-refractivity contribution < 1.29 is 4.74 Å². The van der Waals surface area contributed by atoms with Gasteiger partial charge in [-0.3, -0.25) is 0 Å². The first-order valence-corrected chi connectivity index (χ1v) is 5.11. The first kappa shape index (κ1) is 10.4. The maximum atomic E-state index is 5.72. The Balaban J connectivity index is 2.11. The minimum absolute atomic E-state index is 0.141. The number of nitrogens with zero attached hydrogens (tertiary/aromatic N) is 3. The highest BCUT2D eigenvalue weighted by molar-refractivity contribution is 6.28. The zero-order valence-corrected chi connectivity index (χ0v) is 9.67. The zero-order chi connectivity index (χ0) is 11.1. The second-order valence-corrected chi connectivity index (χ2v) is 4.64. The fourth-order valence-electron chi connectivity index (χ4n) is 1.36. The highest BCUT2D eigenvalue weighted by atomic mass is 35.5. The fourth-order valence-corrected chi connectivity index (χ4v) is 1.51. The van der Waals surface area contributed by atoms with Crippen LogP contribution in [0.2, 0.25) is 5.28 Å². The molecule has 1 fully saturated rings. The van der Waals surface area contributed by atoms with E-state index in [0.29, 0.717) is 17.4 Å². The molecule has 2 rings (SSSR count). The number of ether oxygens (including phenoxy) is 1. The van der Waals surface area contributed by atoms with Crippen LogP contribution in [0.15, 0.2) is 0 Å². The van der Waals surface area contributed by atoms with Gasteiger partial charge >= 0.3 is 6.01 Å². The molecule has 5 nitrogen and oxygen atoms in total. The Kier molecular flexibility index (Phi) is 2.42. The van der Waals surface area contributed by atoms with Crippen molar-refractivity contribution >= 4 is 17.5 Å². The Bertz CT molecular complexity index is 382. The average Bonchev–Trinajstić information content (AvgIpc) is 2.72. The van der Waals surface area contributed by atoms with Crippen molar-refractivity contribution in [2.45, 2.75) is 26.3 Å². The maximum Gasteiger partial charge on any atom is 0.322 e. The van der Waals surface area contributed by atoms with Crippen molar-refractivity contribution in [3.05, 3.63) is 5.28 Å². The Morgan fingerprint density at radius 2 is 2.07 bits per heavy atom. The van der Waals surface area contributed by atoms with Gasteiger partial charge in [-0.25, -0.2) is 0 Å².